The van der Waals surface area contributed by atoms with E-state index in [2.05, 4.69) is 103 Å². The summed E-state index contributed by atoms with van der Waals surface area (Å²) in [6.45, 7) is 0. The number of pyridine rings is 1. The first kappa shape index (κ1) is 22.0. The molecule has 1 aliphatic heterocycles. The van der Waals surface area contributed by atoms with Crippen LogP contribution >= 0.6 is 0 Å². The Morgan fingerprint density at radius 1 is 0.590 bits per heavy atom. The zero-order valence-corrected chi connectivity index (χ0v) is 21.2. The van der Waals surface area contributed by atoms with E-state index >= 15 is 0 Å². The minimum Gasteiger partial charge on any atom is -0.282 e. The Labute approximate surface area is 225 Å². The van der Waals surface area contributed by atoms with Crippen molar-refractivity contribution in [3.05, 3.63) is 160 Å². The Bertz CT molecular complexity index is 2070. The van der Waals surface area contributed by atoms with Crippen molar-refractivity contribution < 1.29 is 0 Å². The van der Waals surface area contributed by atoms with E-state index in [4.69, 9.17) is 4.99 Å². The number of benzene rings is 5. The van der Waals surface area contributed by atoms with E-state index in [1.165, 1.54) is 0 Å². The zero-order valence-electron chi connectivity index (χ0n) is 21.2. The van der Waals surface area contributed by atoms with Gasteiger partial charge in [-0.2, -0.15) is 0 Å². The van der Waals surface area contributed by atoms with Crippen LogP contribution in [0, 0.1) is 0 Å². The minimum absolute atomic E-state index is 0.0166. The maximum Gasteiger partial charge on any atom is 0.260 e. The van der Waals surface area contributed by atoms with Crippen molar-refractivity contribution >= 4 is 32.7 Å². The minimum atomic E-state index is -0.195. The van der Waals surface area contributed by atoms with Crippen molar-refractivity contribution in [3.63, 3.8) is 0 Å². The van der Waals surface area contributed by atoms with Crippen molar-refractivity contribution in [1.82, 2.24) is 4.57 Å². The van der Waals surface area contributed by atoms with E-state index in [0.717, 1.165) is 60.4 Å². The molecule has 2 atom stereocenters. The number of nitrogens with zero attached hydrogens (tertiary/aromatic N) is 2. The van der Waals surface area contributed by atoms with Gasteiger partial charge in [-0.05, 0) is 63.1 Å². The Morgan fingerprint density at radius 3 is 1.95 bits per heavy atom. The van der Waals surface area contributed by atoms with Gasteiger partial charge in [0.05, 0.1) is 12.1 Å². The highest BCUT2D eigenvalue weighted by molar-refractivity contribution is 6.14. The number of aromatic nitrogens is 1. The number of hydrogen-bond donors (Lipinski definition) is 0. The average Bonchev–Trinajstić information content (AvgIpc) is 3.40. The zero-order chi connectivity index (χ0) is 25.9. The van der Waals surface area contributed by atoms with Gasteiger partial charge in [0.1, 0.15) is 5.49 Å². The van der Waals surface area contributed by atoms with Gasteiger partial charge in [0, 0.05) is 16.2 Å². The molecule has 0 saturated heterocycles. The SMILES string of the molecule is O=c1c2cccc3c(-c4ccccc4)ccc(c4n1C1C(c5ccccc5)=CC(c5ccccc5)=CC1N=4)c32. The molecule has 2 heterocycles. The van der Waals surface area contributed by atoms with Gasteiger partial charge in [0.2, 0.25) is 0 Å². The summed E-state index contributed by atoms with van der Waals surface area (Å²) >= 11 is 0. The van der Waals surface area contributed by atoms with Crippen molar-refractivity contribution in [2.24, 2.45) is 4.99 Å². The van der Waals surface area contributed by atoms with Gasteiger partial charge in [0.15, 0.2) is 0 Å². The Morgan fingerprint density at radius 2 is 1.23 bits per heavy atom. The molecule has 0 spiro atoms. The van der Waals surface area contributed by atoms with Gasteiger partial charge in [0.25, 0.3) is 5.56 Å². The predicted octanol–water partition coefficient (Wildman–Crippen LogP) is 7.26. The first-order valence-electron chi connectivity index (χ1n) is 13.3. The van der Waals surface area contributed by atoms with Crippen LogP contribution in [-0.4, -0.2) is 10.6 Å². The molecule has 39 heavy (non-hydrogen) atoms. The Hall–Kier alpha value is -5.02. The molecular weight excluding hydrogens is 476 g/mol. The van der Waals surface area contributed by atoms with Crippen molar-refractivity contribution in [3.8, 4) is 11.1 Å². The monoisotopic (exact) mass is 500 g/mol. The Kier molecular flexibility index (Phi) is 4.80. The van der Waals surface area contributed by atoms with Crippen LogP contribution < -0.4 is 11.0 Å². The van der Waals surface area contributed by atoms with Crippen LogP contribution in [0.1, 0.15) is 17.2 Å². The van der Waals surface area contributed by atoms with E-state index < -0.39 is 0 Å². The topological polar surface area (TPSA) is 34.4 Å². The van der Waals surface area contributed by atoms with Gasteiger partial charge >= 0.3 is 0 Å². The first-order chi connectivity index (χ1) is 19.3. The summed E-state index contributed by atoms with van der Waals surface area (Å²) in [6.07, 6.45) is 4.47. The van der Waals surface area contributed by atoms with E-state index in [9.17, 15) is 4.79 Å². The average molecular weight is 501 g/mol. The second kappa shape index (κ2) is 8.50. The van der Waals surface area contributed by atoms with Crippen molar-refractivity contribution in [2.45, 2.75) is 12.1 Å². The lowest BCUT2D eigenvalue weighted by Gasteiger charge is -2.27. The molecule has 0 radical (unpaired) electrons. The molecule has 8 rings (SSSR count). The highest BCUT2D eigenvalue weighted by atomic mass is 16.1. The number of allylic oxidation sites excluding steroid dienone is 2. The summed E-state index contributed by atoms with van der Waals surface area (Å²) in [6, 6.07) is 41.3. The van der Waals surface area contributed by atoms with Crippen LogP contribution in [0.15, 0.2) is 143 Å². The second-order valence-corrected chi connectivity index (χ2v) is 10.3. The molecule has 0 fully saturated rings. The number of hydrogen-bond acceptors (Lipinski definition) is 2. The summed E-state index contributed by atoms with van der Waals surface area (Å²) in [5.74, 6) is 0. The quantitative estimate of drug-likeness (QED) is 0.252. The lowest BCUT2D eigenvalue weighted by Crippen LogP contribution is -2.36. The summed E-state index contributed by atoms with van der Waals surface area (Å²) in [7, 11) is 0. The molecule has 184 valence electrons. The molecular formula is C36H24N2O. The second-order valence-electron chi connectivity index (χ2n) is 10.3. The van der Waals surface area contributed by atoms with E-state index in [-0.39, 0.29) is 17.6 Å². The van der Waals surface area contributed by atoms with E-state index in [1.54, 1.807) is 0 Å². The lowest BCUT2D eigenvalue weighted by molar-refractivity contribution is 0.594. The molecule has 0 amide bonds. The van der Waals surface area contributed by atoms with Gasteiger partial charge in [-0.3, -0.25) is 14.4 Å². The number of rotatable bonds is 3. The summed E-state index contributed by atoms with van der Waals surface area (Å²) in [4.78, 5) is 19.6. The third-order valence-electron chi connectivity index (χ3n) is 8.11. The van der Waals surface area contributed by atoms with Crippen LogP contribution in [0.3, 0.4) is 0 Å². The predicted molar refractivity (Wildman–Crippen MR) is 160 cm³/mol. The van der Waals surface area contributed by atoms with Gasteiger partial charge in [-0.1, -0.05) is 109 Å². The summed E-state index contributed by atoms with van der Waals surface area (Å²) < 4.78 is 1.95. The standard InChI is InChI=1S/C36H24N2O/c39-36-30-18-10-17-28-27(24-13-6-2-7-14-24)19-20-29(33(28)30)35-37-32-22-26(23-11-4-1-5-12-23)21-31(34(32)38(35)36)25-15-8-3-9-16-25/h1-22,32,34H. The fourth-order valence-electron chi connectivity index (χ4n) is 6.38. The molecule has 0 bridgehead atoms. The van der Waals surface area contributed by atoms with Gasteiger partial charge in [-0.15, -0.1) is 0 Å². The summed E-state index contributed by atoms with van der Waals surface area (Å²) in [5, 5.41) is 3.84. The molecule has 2 unspecified atom stereocenters. The summed E-state index contributed by atoms with van der Waals surface area (Å²) in [5.41, 5.74) is 7.57. The van der Waals surface area contributed by atoms with E-state index in [1.807, 2.05) is 34.9 Å². The molecule has 0 saturated carbocycles. The molecule has 2 aliphatic rings. The first-order valence-corrected chi connectivity index (χ1v) is 13.3. The third kappa shape index (κ3) is 3.30. The molecule has 1 aliphatic carbocycles. The van der Waals surface area contributed by atoms with Crippen LogP contribution in [0.4, 0.5) is 0 Å². The van der Waals surface area contributed by atoms with Crippen LogP contribution in [0.2, 0.25) is 0 Å². The third-order valence-corrected chi connectivity index (χ3v) is 8.11. The largest absolute Gasteiger partial charge is 0.282 e. The van der Waals surface area contributed by atoms with Gasteiger partial charge in [-0.25, -0.2) is 0 Å². The highest BCUT2D eigenvalue weighted by Crippen LogP contribution is 2.42. The maximum atomic E-state index is 14.3. The molecule has 3 heteroatoms. The molecule has 5 aromatic carbocycles. The lowest BCUT2D eigenvalue weighted by atomic mass is 9.84. The molecule has 1 aromatic heterocycles. The van der Waals surface area contributed by atoms with Crippen molar-refractivity contribution in [2.75, 3.05) is 0 Å². The molecule has 6 aromatic rings. The molecule has 0 N–H and O–H groups in total. The van der Waals surface area contributed by atoms with Crippen LogP contribution in [0.5, 0.6) is 0 Å². The van der Waals surface area contributed by atoms with E-state index in [0.29, 0.717) is 0 Å². The Balaban J connectivity index is 1.43. The van der Waals surface area contributed by atoms with Crippen LogP contribution in [-0.2, 0) is 0 Å². The maximum absolute atomic E-state index is 14.3. The fourth-order valence-corrected chi connectivity index (χ4v) is 6.38. The normalized spacial score (nSPS) is 17.8. The smallest absolute Gasteiger partial charge is 0.260 e. The molecule has 3 nitrogen and oxygen atoms in total. The van der Waals surface area contributed by atoms with Gasteiger partial charge < -0.3 is 0 Å². The van der Waals surface area contributed by atoms with Crippen LogP contribution in [0.25, 0.3) is 43.8 Å². The number of fused-ring (bicyclic) bond motifs is 4. The fraction of sp³-hybridized carbons (Fsp3) is 0.0556. The highest BCUT2D eigenvalue weighted by Gasteiger charge is 2.36. The van der Waals surface area contributed by atoms with Crippen molar-refractivity contribution in [1.29, 1.82) is 0 Å².